The summed E-state index contributed by atoms with van der Waals surface area (Å²) < 4.78 is 10.9. The third-order valence-corrected chi connectivity index (χ3v) is 8.16. The monoisotopic (exact) mass is 408 g/mol. The van der Waals surface area contributed by atoms with E-state index in [2.05, 4.69) is 36.3 Å². The molecule has 0 saturated carbocycles. The first-order valence-electron chi connectivity index (χ1n) is 7.75. The summed E-state index contributed by atoms with van der Waals surface area (Å²) in [5, 5.41) is 0. The van der Waals surface area contributed by atoms with Gasteiger partial charge in [0.1, 0.15) is 0 Å². The Morgan fingerprint density at radius 3 is 2.12 bits per heavy atom. The number of aryl methyl sites for hydroxylation is 1. The van der Waals surface area contributed by atoms with E-state index in [1.165, 1.54) is 24.4 Å². The van der Waals surface area contributed by atoms with Crippen LogP contribution in [0.2, 0.25) is 0 Å². The molecule has 0 aliphatic heterocycles. The normalized spacial score (nSPS) is 11.6. The van der Waals surface area contributed by atoms with Crippen molar-refractivity contribution >= 4 is 41.6 Å². The molecule has 130 valence electrons. The van der Waals surface area contributed by atoms with Gasteiger partial charge in [-0.2, -0.15) is 0 Å². The van der Waals surface area contributed by atoms with Gasteiger partial charge in [-0.3, -0.25) is 4.57 Å². The van der Waals surface area contributed by atoms with Crippen molar-refractivity contribution in [2.24, 2.45) is 0 Å². The molecule has 0 amide bonds. The zero-order valence-corrected chi connectivity index (χ0v) is 16.7. The van der Waals surface area contributed by atoms with Crippen LogP contribution >= 0.6 is 41.6 Å². The summed E-state index contributed by atoms with van der Waals surface area (Å²) in [5.41, 5.74) is 0. The third-order valence-electron chi connectivity index (χ3n) is 3.62. The van der Waals surface area contributed by atoms with Gasteiger partial charge in [-0.25, -0.2) is 0 Å². The van der Waals surface area contributed by atoms with E-state index in [0.29, 0.717) is 6.42 Å². The molecule has 2 N–H and O–H groups in total. The minimum absolute atomic E-state index is 0.0278. The van der Waals surface area contributed by atoms with E-state index >= 15 is 0 Å². The molecule has 3 heterocycles. The molecule has 3 nitrogen and oxygen atoms in total. The number of thiophene rings is 3. The highest BCUT2D eigenvalue weighted by Crippen LogP contribution is 2.40. The van der Waals surface area contributed by atoms with E-state index in [-0.39, 0.29) is 6.16 Å². The van der Waals surface area contributed by atoms with Gasteiger partial charge in [-0.1, -0.05) is 5.92 Å². The molecule has 0 fully saturated rings. The molecule has 0 bridgehead atoms. The highest BCUT2D eigenvalue weighted by atomic mass is 32.1. The summed E-state index contributed by atoms with van der Waals surface area (Å²) in [7, 11) is -3.86. The minimum atomic E-state index is -3.86. The Kier molecular flexibility index (Phi) is 5.96. The molecule has 0 radical (unpaired) electrons. The summed E-state index contributed by atoms with van der Waals surface area (Å²) >= 11 is 5.14. The smallest absolute Gasteiger partial charge is 0.324 e. The first-order chi connectivity index (χ1) is 11.9. The Morgan fingerprint density at radius 1 is 0.880 bits per heavy atom. The van der Waals surface area contributed by atoms with Gasteiger partial charge in [0, 0.05) is 30.5 Å². The number of rotatable bonds is 7. The van der Waals surface area contributed by atoms with Crippen molar-refractivity contribution in [1.29, 1.82) is 0 Å². The maximum absolute atomic E-state index is 10.9. The molecule has 7 heteroatoms. The maximum atomic E-state index is 10.9. The van der Waals surface area contributed by atoms with Crippen molar-refractivity contribution in [3.05, 3.63) is 46.2 Å². The second-order valence-corrected chi connectivity index (χ2v) is 10.7. The van der Waals surface area contributed by atoms with Gasteiger partial charge in [-0.05, 0) is 55.7 Å². The molecule has 3 aromatic heterocycles. The van der Waals surface area contributed by atoms with Crippen LogP contribution in [0.3, 0.4) is 0 Å². The Bertz CT molecular complexity index is 939. The van der Waals surface area contributed by atoms with Crippen LogP contribution in [0.15, 0.2) is 36.4 Å². The van der Waals surface area contributed by atoms with E-state index in [9.17, 15) is 4.57 Å². The van der Waals surface area contributed by atoms with E-state index < -0.39 is 7.60 Å². The SMILES string of the molecule is C#Cc1ccc(-c2ccc(-c3ccc(CCCCP(=O)(O)O)s3)s2)s1. The van der Waals surface area contributed by atoms with Gasteiger partial charge < -0.3 is 9.79 Å². The minimum Gasteiger partial charge on any atom is -0.324 e. The van der Waals surface area contributed by atoms with Crippen LogP contribution < -0.4 is 0 Å². The predicted molar refractivity (Wildman–Crippen MR) is 109 cm³/mol. The third kappa shape index (κ3) is 5.15. The Balaban J connectivity index is 1.63. The van der Waals surface area contributed by atoms with Crippen LogP contribution in [-0.4, -0.2) is 15.9 Å². The number of hydrogen-bond donors (Lipinski definition) is 2. The molecule has 0 spiro atoms. The maximum Gasteiger partial charge on any atom is 0.325 e. The number of hydrogen-bond acceptors (Lipinski definition) is 4. The van der Waals surface area contributed by atoms with Gasteiger partial charge in [-0.15, -0.1) is 40.4 Å². The van der Waals surface area contributed by atoms with Crippen molar-refractivity contribution in [1.82, 2.24) is 0 Å². The summed E-state index contributed by atoms with van der Waals surface area (Å²) in [5.74, 6) is 2.67. The van der Waals surface area contributed by atoms with E-state index in [4.69, 9.17) is 16.2 Å². The average molecular weight is 409 g/mol. The lowest BCUT2D eigenvalue weighted by Crippen LogP contribution is -1.89. The van der Waals surface area contributed by atoms with Crippen molar-refractivity contribution in [3.8, 4) is 31.9 Å². The van der Waals surface area contributed by atoms with E-state index in [1.54, 1.807) is 34.0 Å². The number of terminal acetylenes is 1. The van der Waals surface area contributed by atoms with Crippen LogP contribution in [0.4, 0.5) is 0 Å². The largest absolute Gasteiger partial charge is 0.325 e. The van der Waals surface area contributed by atoms with Gasteiger partial charge in [0.15, 0.2) is 0 Å². The Hall–Kier alpha value is -1.19. The van der Waals surface area contributed by atoms with Crippen LogP contribution in [0.25, 0.3) is 19.5 Å². The molecule has 0 aromatic carbocycles. The molecule has 3 aromatic rings. The average Bonchev–Trinajstić information content (AvgIpc) is 3.28. The molecule has 0 unspecified atom stereocenters. The van der Waals surface area contributed by atoms with Gasteiger partial charge in [0.25, 0.3) is 0 Å². The second kappa shape index (κ2) is 8.01. The molecule has 0 aliphatic rings. The molecular formula is C18H17O3PS3. The van der Waals surface area contributed by atoms with Gasteiger partial charge in [0.05, 0.1) is 4.88 Å². The standard InChI is InChI=1S/C18H17O3PS3/c1-2-13-6-8-15(23-13)17-10-11-18(25-17)16-9-7-14(24-16)5-3-4-12-22(19,20)21/h1,6-11H,3-5,12H2,(H2,19,20,21). The summed E-state index contributed by atoms with van der Waals surface area (Å²) in [6.07, 6.45) is 7.62. The van der Waals surface area contributed by atoms with Gasteiger partial charge in [0.2, 0.25) is 0 Å². The van der Waals surface area contributed by atoms with Crippen LogP contribution in [0.5, 0.6) is 0 Å². The lowest BCUT2D eigenvalue weighted by atomic mass is 10.2. The fraction of sp³-hybridized carbons (Fsp3) is 0.222. The quantitative estimate of drug-likeness (QED) is 0.300. The predicted octanol–water partition coefficient (Wildman–Crippen LogP) is 5.69. The first kappa shape index (κ1) is 18.6. The summed E-state index contributed by atoms with van der Waals surface area (Å²) in [4.78, 5) is 24.8. The lowest BCUT2D eigenvalue weighted by Gasteiger charge is -2.02. The first-order valence-corrected chi connectivity index (χ1v) is 12.0. The van der Waals surface area contributed by atoms with Crippen LogP contribution in [-0.2, 0) is 11.0 Å². The van der Waals surface area contributed by atoms with E-state index in [0.717, 1.165) is 17.7 Å². The second-order valence-electron chi connectivity index (χ2n) is 5.58. The summed E-state index contributed by atoms with van der Waals surface area (Å²) in [6.45, 7) is 0. The topological polar surface area (TPSA) is 57.5 Å². The van der Waals surface area contributed by atoms with Crippen LogP contribution in [0, 0.1) is 12.3 Å². The van der Waals surface area contributed by atoms with Crippen molar-refractivity contribution in [3.63, 3.8) is 0 Å². The van der Waals surface area contributed by atoms with Crippen molar-refractivity contribution < 1.29 is 14.4 Å². The lowest BCUT2D eigenvalue weighted by molar-refractivity contribution is 0.371. The molecular weight excluding hydrogens is 391 g/mol. The van der Waals surface area contributed by atoms with Crippen LogP contribution in [0.1, 0.15) is 22.6 Å². The fourth-order valence-corrected chi connectivity index (χ4v) is 6.10. The molecule has 0 atom stereocenters. The molecule has 25 heavy (non-hydrogen) atoms. The Morgan fingerprint density at radius 2 is 1.48 bits per heavy atom. The molecule has 3 rings (SSSR count). The number of unbranched alkanes of at least 4 members (excludes halogenated alkanes) is 1. The highest BCUT2D eigenvalue weighted by Gasteiger charge is 2.12. The van der Waals surface area contributed by atoms with Gasteiger partial charge >= 0.3 is 7.60 Å². The zero-order chi connectivity index (χ0) is 17.9. The zero-order valence-electron chi connectivity index (χ0n) is 13.3. The van der Waals surface area contributed by atoms with Crippen molar-refractivity contribution in [2.75, 3.05) is 6.16 Å². The highest BCUT2D eigenvalue weighted by molar-refractivity contribution is 7.51. The molecule has 0 aliphatic carbocycles. The van der Waals surface area contributed by atoms with E-state index in [1.807, 2.05) is 6.07 Å². The summed E-state index contributed by atoms with van der Waals surface area (Å²) in [6, 6.07) is 12.5. The van der Waals surface area contributed by atoms with Crippen molar-refractivity contribution in [2.45, 2.75) is 19.3 Å². The molecule has 0 saturated heterocycles. The fourth-order valence-electron chi connectivity index (χ4n) is 2.41. The Labute approximate surface area is 159 Å².